The van der Waals surface area contributed by atoms with Gasteiger partial charge in [0.05, 0.1) is 34.6 Å². The molecule has 3 unspecified atom stereocenters. The summed E-state index contributed by atoms with van der Waals surface area (Å²) in [5.74, 6) is -0.900. The Balaban J connectivity index is 1.45. The van der Waals surface area contributed by atoms with E-state index in [1.54, 1.807) is 23.1 Å². The molecule has 3 fully saturated rings. The lowest BCUT2D eigenvalue weighted by molar-refractivity contribution is -0.0313. The summed E-state index contributed by atoms with van der Waals surface area (Å²) >= 11 is 5.90. The number of hydrogen-bond acceptors (Lipinski definition) is 5. The molecule has 3 aliphatic rings. The van der Waals surface area contributed by atoms with Crippen LogP contribution in [0, 0.1) is 17.6 Å². The monoisotopic (exact) mass is 456 g/mol. The van der Waals surface area contributed by atoms with Crippen molar-refractivity contribution in [2.75, 3.05) is 6.54 Å². The predicted molar refractivity (Wildman–Crippen MR) is 113 cm³/mol. The summed E-state index contributed by atoms with van der Waals surface area (Å²) < 4.78 is 34.1. The van der Waals surface area contributed by atoms with Crippen LogP contribution in [0.3, 0.4) is 0 Å². The van der Waals surface area contributed by atoms with Crippen LogP contribution in [-0.4, -0.2) is 44.4 Å². The molecule has 1 aliphatic carbocycles. The Morgan fingerprint density at radius 1 is 1.06 bits per heavy atom. The van der Waals surface area contributed by atoms with Crippen molar-refractivity contribution in [3.8, 4) is 17.3 Å². The molecule has 6 rings (SSSR count). The Hall–Kier alpha value is -3.13. The molecule has 2 aliphatic heterocycles. The van der Waals surface area contributed by atoms with Crippen LogP contribution >= 0.6 is 11.6 Å². The summed E-state index contributed by atoms with van der Waals surface area (Å²) in [5.41, 5.74) is 0.114. The van der Waals surface area contributed by atoms with Crippen LogP contribution in [0.5, 0.6) is 5.88 Å². The number of rotatable bonds is 4. The van der Waals surface area contributed by atoms with E-state index in [0.29, 0.717) is 17.4 Å². The van der Waals surface area contributed by atoms with Gasteiger partial charge in [-0.15, -0.1) is 0 Å². The number of nitrogens with zero attached hydrogens (tertiary/aromatic N) is 4. The van der Waals surface area contributed by atoms with Crippen LogP contribution < -0.4 is 4.74 Å². The van der Waals surface area contributed by atoms with E-state index in [0.717, 1.165) is 31.7 Å². The predicted octanol–water partition coefficient (Wildman–Crippen LogP) is 4.54. The van der Waals surface area contributed by atoms with Crippen molar-refractivity contribution in [2.24, 2.45) is 5.92 Å². The summed E-state index contributed by atoms with van der Waals surface area (Å²) in [6, 6.07) is 7.49. The number of ether oxygens (including phenoxy) is 1. The highest BCUT2D eigenvalue weighted by molar-refractivity contribution is 6.30. The molecule has 4 heterocycles. The van der Waals surface area contributed by atoms with E-state index >= 15 is 0 Å². The average Bonchev–Trinajstić information content (AvgIpc) is 2.81. The number of fused-ring (bicyclic) bond motifs is 3. The summed E-state index contributed by atoms with van der Waals surface area (Å²) in [5, 5.41) is 0.515. The molecule has 3 atom stereocenters. The number of piperidine rings is 2. The van der Waals surface area contributed by atoms with Crippen molar-refractivity contribution in [1.29, 1.82) is 0 Å². The molecule has 0 N–H and O–H groups in total. The largest absolute Gasteiger partial charge is 0.472 e. The van der Waals surface area contributed by atoms with Gasteiger partial charge < -0.3 is 9.64 Å². The number of benzene rings is 1. The Bertz CT molecular complexity index is 1140. The number of carbonyl (C=O) groups is 1. The third-order valence-corrected chi connectivity index (χ3v) is 6.27. The maximum atomic E-state index is 14.8. The molecule has 1 saturated carbocycles. The molecular formula is C23H19ClF2N4O2. The van der Waals surface area contributed by atoms with Gasteiger partial charge in [-0.1, -0.05) is 17.7 Å². The van der Waals surface area contributed by atoms with E-state index in [9.17, 15) is 13.6 Å². The Morgan fingerprint density at radius 3 is 2.59 bits per heavy atom. The standard InChI is InChI=1S/C23H19ClF2N4O2/c24-14-5-7-20(27-9-14)32-19-8-13-4-6-18(19)30(12-13)23(31)16-2-1-3-17(26)21(16)22-28-10-15(25)11-29-22/h1-3,5,7,9-11,13,18-19H,4,6,8,12H2. The van der Waals surface area contributed by atoms with Gasteiger partial charge in [0.1, 0.15) is 11.9 Å². The molecule has 2 bridgehead atoms. The number of carbonyl (C=O) groups excluding carboxylic acids is 1. The van der Waals surface area contributed by atoms with Gasteiger partial charge >= 0.3 is 0 Å². The van der Waals surface area contributed by atoms with Gasteiger partial charge in [-0.25, -0.2) is 23.7 Å². The van der Waals surface area contributed by atoms with Crippen molar-refractivity contribution in [2.45, 2.75) is 31.4 Å². The second-order valence-corrected chi connectivity index (χ2v) is 8.50. The minimum atomic E-state index is -0.637. The van der Waals surface area contributed by atoms with Crippen LogP contribution in [0.4, 0.5) is 8.78 Å². The van der Waals surface area contributed by atoms with Crippen molar-refractivity contribution in [1.82, 2.24) is 19.9 Å². The highest BCUT2D eigenvalue weighted by atomic mass is 35.5. The smallest absolute Gasteiger partial charge is 0.255 e. The van der Waals surface area contributed by atoms with Crippen molar-refractivity contribution in [3.63, 3.8) is 0 Å². The molecule has 2 saturated heterocycles. The van der Waals surface area contributed by atoms with Crippen LogP contribution in [0.2, 0.25) is 5.02 Å². The van der Waals surface area contributed by atoms with Gasteiger partial charge in [0.25, 0.3) is 5.91 Å². The van der Waals surface area contributed by atoms with Gasteiger partial charge in [0.15, 0.2) is 11.6 Å². The van der Waals surface area contributed by atoms with E-state index in [1.165, 1.54) is 18.3 Å². The molecule has 0 spiro atoms. The normalized spacial score (nSPS) is 22.1. The maximum absolute atomic E-state index is 14.8. The highest BCUT2D eigenvalue weighted by Gasteiger charge is 2.45. The van der Waals surface area contributed by atoms with E-state index in [2.05, 4.69) is 15.0 Å². The zero-order valence-corrected chi connectivity index (χ0v) is 17.7. The number of pyridine rings is 1. The summed E-state index contributed by atoms with van der Waals surface area (Å²) in [4.78, 5) is 27.3. The molecule has 2 aromatic heterocycles. The Kier molecular flexibility index (Phi) is 5.46. The first-order chi connectivity index (χ1) is 15.5. The van der Waals surface area contributed by atoms with E-state index in [4.69, 9.17) is 16.3 Å². The second-order valence-electron chi connectivity index (χ2n) is 8.06. The van der Waals surface area contributed by atoms with E-state index in [1.807, 2.05) is 0 Å². The molecule has 1 amide bonds. The van der Waals surface area contributed by atoms with Crippen LogP contribution in [0.25, 0.3) is 11.4 Å². The molecule has 1 aromatic carbocycles. The quantitative estimate of drug-likeness (QED) is 0.576. The third-order valence-electron chi connectivity index (χ3n) is 6.04. The number of amides is 1. The lowest BCUT2D eigenvalue weighted by atomic mass is 9.77. The van der Waals surface area contributed by atoms with Crippen LogP contribution in [0.1, 0.15) is 29.6 Å². The number of aromatic nitrogens is 3. The summed E-state index contributed by atoms with van der Waals surface area (Å²) in [6.07, 6.45) is 5.80. The van der Waals surface area contributed by atoms with E-state index < -0.39 is 11.6 Å². The lowest BCUT2D eigenvalue weighted by Crippen LogP contribution is -2.59. The fourth-order valence-electron chi connectivity index (χ4n) is 4.60. The van der Waals surface area contributed by atoms with Gasteiger partial charge in [0.2, 0.25) is 5.88 Å². The minimum absolute atomic E-state index is 0.0317. The molecule has 32 heavy (non-hydrogen) atoms. The van der Waals surface area contributed by atoms with Crippen molar-refractivity contribution < 1.29 is 18.3 Å². The van der Waals surface area contributed by atoms with Crippen LogP contribution in [0.15, 0.2) is 48.9 Å². The fraction of sp³-hybridized carbons (Fsp3) is 0.304. The summed E-state index contributed by atoms with van der Waals surface area (Å²) in [7, 11) is 0. The van der Waals surface area contributed by atoms with Gasteiger partial charge in [-0.3, -0.25) is 4.79 Å². The first-order valence-electron chi connectivity index (χ1n) is 10.3. The fourth-order valence-corrected chi connectivity index (χ4v) is 4.72. The van der Waals surface area contributed by atoms with Crippen molar-refractivity contribution >= 4 is 17.5 Å². The molecule has 6 nitrogen and oxygen atoms in total. The third kappa shape index (κ3) is 3.90. The Morgan fingerprint density at radius 2 is 1.88 bits per heavy atom. The zero-order valence-electron chi connectivity index (χ0n) is 16.9. The van der Waals surface area contributed by atoms with Gasteiger partial charge in [-0.2, -0.15) is 0 Å². The minimum Gasteiger partial charge on any atom is -0.472 e. The van der Waals surface area contributed by atoms with Gasteiger partial charge in [-0.05, 0) is 43.4 Å². The number of hydrogen-bond donors (Lipinski definition) is 0. The van der Waals surface area contributed by atoms with Crippen LogP contribution in [-0.2, 0) is 0 Å². The van der Waals surface area contributed by atoms with Gasteiger partial charge in [0, 0.05) is 18.8 Å². The average molecular weight is 457 g/mol. The molecule has 9 heteroatoms. The topological polar surface area (TPSA) is 68.2 Å². The summed E-state index contributed by atoms with van der Waals surface area (Å²) in [6.45, 7) is 0.567. The Labute approximate surface area is 188 Å². The van der Waals surface area contributed by atoms with E-state index in [-0.39, 0.29) is 40.9 Å². The second kappa shape index (κ2) is 8.43. The first-order valence-corrected chi connectivity index (χ1v) is 10.7. The lowest BCUT2D eigenvalue weighted by Gasteiger charge is -2.49. The zero-order chi connectivity index (χ0) is 22.2. The molecular weight excluding hydrogens is 438 g/mol. The first kappa shape index (κ1) is 20.8. The highest BCUT2D eigenvalue weighted by Crippen LogP contribution is 2.39. The SMILES string of the molecule is O=C(c1cccc(F)c1-c1ncc(F)cn1)N1CC2CCC1C(Oc1ccc(Cl)cn1)C2. The molecule has 3 aromatic rings. The number of halogens is 3. The maximum Gasteiger partial charge on any atom is 0.255 e. The van der Waals surface area contributed by atoms with Crippen molar-refractivity contribution in [3.05, 3.63) is 71.1 Å². The molecule has 164 valence electrons. The molecule has 0 radical (unpaired) electrons.